The normalized spacial score (nSPS) is 14.7. The molecule has 62 heavy (non-hydrogen) atoms. The van der Waals surface area contributed by atoms with E-state index >= 15 is 4.39 Å². The third kappa shape index (κ3) is 7.99. The predicted molar refractivity (Wildman–Crippen MR) is 237 cm³/mol. The minimum absolute atomic E-state index is 0.0284. The molecule has 314 valence electrons. The van der Waals surface area contributed by atoms with Crippen molar-refractivity contribution in [1.82, 2.24) is 29.7 Å². The first-order chi connectivity index (χ1) is 30.1. The fraction of sp³-hybridized carbons (Fsp3) is 0.277. The Balaban J connectivity index is 1.30. The Morgan fingerprint density at radius 2 is 1.24 bits per heavy atom. The van der Waals surface area contributed by atoms with Gasteiger partial charge in [-0.25, -0.2) is 14.4 Å². The maximum absolute atomic E-state index is 15.3. The summed E-state index contributed by atoms with van der Waals surface area (Å²) < 4.78 is 29.3. The van der Waals surface area contributed by atoms with Gasteiger partial charge < -0.3 is 30.7 Å². The van der Waals surface area contributed by atoms with Crippen LogP contribution >= 0.6 is 0 Å². The number of nitrogens with zero attached hydrogens (tertiary/aromatic N) is 6. The number of benzene rings is 4. The number of aromatic nitrogens is 4. The van der Waals surface area contributed by atoms with Crippen LogP contribution in [-0.2, 0) is 14.1 Å². The predicted octanol–water partition coefficient (Wildman–Crippen LogP) is 5.76. The molecule has 4 aromatic carbocycles. The van der Waals surface area contributed by atoms with Gasteiger partial charge in [0.1, 0.15) is 5.75 Å². The van der Waals surface area contributed by atoms with Crippen molar-refractivity contribution in [2.75, 3.05) is 64.1 Å². The van der Waals surface area contributed by atoms with E-state index in [1.807, 2.05) is 0 Å². The van der Waals surface area contributed by atoms with E-state index in [9.17, 15) is 20.1 Å². The van der Waals surface area contributed by atoms with Crippen molar-refractivity contribution in [2.45, 2.75) is 6.42 Å². The number of hydrogen-bond acceptors (Lipinski definition) is 12. The molecule has 2 saturated heterocycles. The van der Waals surface area contributed by atoms with E-state index in [-0.39, 0.29) is 22.6 Å². The Bertz CT molecular complexity index is 2890. The van der Waals surface area contributed by atoms with Crippen LogP contribution in [0.2, 0.25) is 0 Å². The van der Waals surface area contributed by atoms with Gasteiger partial charge in [-0.05, 0) is 85.1 Å². The lowest BCUT2D eigenvalue weighted by atomic mass is 9.91. The first-order valence-electron chi connectivity index (χ1n) is 20.3. The summed E-state index contributed by atoms with van der Waals surface area (Å²) >= 11 is 0. The van der Waals surface area contributed by atoms with E-state index in [1.54, 1.807) is 80.8 Å². The lowest BCUT2D eigenvalue weighted by Gasteiger charge is -2.27. The molecule has 15 heteroatoms. The number of nitrogens with one attached hydrogen (secondary N) is 4. The van der Waals surface area contributed by atoms with Gasteiger partial charge in [-0.15, -0.1) is 0 Å². The fourth-order valence-electron chi connectivity index (χ4n) is 7.92. The lowest BCUT2D eigenvalue weighted by Crippen LogP contribution is -2.45. The van der Waals surface area contributed by atoms with Gasteiger partial charge in [0, 0.05) is 68.4 Å². The third-order valence-electron chi connectivity index (χ3n) is 11.6. The SMILES string of the molecule is COc1ccc(-c2c(-c3ccc(C#N)c(-c4cc(-c5c(-c6ccc(C#N)cc6)nc(NCC6CNC6)n(C)c5=O)ccc4OC)c3)nc(NCC3CCNC3)n(C)c2=O)cc1F. The summed E-state index contributed by atoms with van der Waals surface area (Å²) in [5.41, 5.74) is 4.03. The number of methoxy groups -OCH3 is 2. The van der Waals surface area contributed by atoms with Crippen molar-refractivity contribution < 1.29 is 13.9 Å². The van der Waals surface area contributed by atoms with Crippen molar-refractivity contribution in [2.24, 2.45) is 25.9 Å². The molecule has 2 aliphatic rings. The minimum atomic E-state index is -0.642. The first kappa shape index (κ1) is 41.4. The molecule has 14 nitrogen and oxygen atoms in total. The molecule has 0 spiro atoms. The molecule has 4 N–H and O–H groups in total. The topological polar surface area (TPSA) is 184 Å². The average Bonchev–Trinajstić information content (AvgIpc) is 3.81. The summed E-state index contributed by atoms with van der Waals surface area (Å²) in [7, 11) is 6.18. The molecule has 2 fully saturated rings. The van der Waals surface area contributed by atoms with Crippen molar-refractivity contribution in [1.29, 1.82) is 10.5 Å². The highest BCUT2D eigenvalue weighted by molar-refractivity contribution is 5.89. The van der Waals surface area contributed by atoms with E-state index in [0.29, 0.717) is 98.3 Å². The van der Waals surface area contributed by atoms with Crippen LogP contribution in [0.3, 0.4) is 0 Å². The average molecular weight is 833 g/mol. The highest BCUT2D eigenvalue weighted by Crippen LogP contribution is 2.41. The molecular formula is C47H45FN10O4. The van der Waals surface area contributed by atoms with Gasteiger partial charge >= 0.3 is 0 Å². The zero-order valence-electron chi connectivity index (χ0n) is 34.8. The summed E-state index contributed by atoms with van der Waals surface area (Å²) in [6.07, 6.45) is 0.980. The Labute approximate surface area is 357 Å². The van der Waals surface area contributed by atoms with Gasteiger partial charge in [0.15, 0.2) is 11.6 Å². The number of nitriles is 2. The van der Waals surface area contributed by atoms with Gasteiger partial charge in [0.2, 0.25) is 11.9 Å². The molecule has 0 saturated carbocycles. The van der Waals surface area contributed by atoms with Crippen molar-refractivity contribution in [3.63, 3.8) is 0 Å². The second kappa shape index (κ2) is 17.7. The second-order valence-electron chi connectivity index (χ2n) is 15.5. The molecule has 2 aliphatic heterocycles. The van der Waals surface area contributed by atoms with E-state index < -0.39 is 11.4 Å². The largest absolute Gasteiger partial charge is 0.496 e. The van der Waals surface area contributed by atoms with E-state index in [1.165, 1.54) is 35.5 Å². The summed E-state index contributed by atoms with van der Waals surface area (Å²) in [6.45, 7) is 4.71. The molecule has 0 radical (unpaired) electrons. The fourth-order valence-corrected chi connectivity index (χ4v) is 7.92. The molecule has 0 amide bonds. The Kier molecular flexibility index (Phi) is 11.8. The molecule has 0 bridgehead atoms. The summed E-state index contributed by atoms with van der Waals surface area (Å²) in [5.74, 6) is 1.29. The van der Waals surface area contributed by atoms with Gasteiger partial charge in [0.05, 0.1) is 60.0 Å². The Morgan fingerprint density at radius 1 is 0.694 bits per heavy atom. The smallest absolute Gasteiger partial charge is 0.263 e. The van der Waals surface area contributed by atoms with E-state index in [2.05, 4.69) is 33.4 Å². The Hall–Kier alpha value is -7.33. The number of anilines is 2. The van der Waals surface area contributed by atoms with Crippen LogP contribution in [0.4, 0.5) is 16.3 Å². The van der Waals surface area contributed by atoms with Crippen LogP contribution in [0.25, 0.3) is 55.9 Å². The van der Waals surface area contributed by atoms with Gasteiger partial charge in [-0.1, -0.05) is 30.3 Å². The standard InChI is InChI=1S/C47H45FN10O4/c1-57-44(59)40(42(30-7-5-27(20-49)6-8-30)55-47(57)54-26-29-23-52-24-29)31-11-13-38(61-3)36(17-31)35-18-33(9-10-34(35)21-50)43-41(32-12-14-39(62-4)37(48)19-32)45(60)58(2)46(56-43)53-25-28-15-16-51-22-28/h5-14,17-19,28-29,51-52H,15-16,22-26H2,1-4H3,(H,53,56)(H,54,55). The van der Waals surface area contributed by atoms with Crippen LogP contribution in [0, 0.1) is 40.3 Å². The maximum atomic E-state index is 15.3. The van der Waals surface area contributed by atoms with Crippen LogP contribution in [-0.4, -0.2) is 72.6 Å². The van der Waals surface area contributed by atoms with E-state index in [4.69, 9.17) is 19.4 Å². The lowest BCUT2D eigenvalue weighted by molar-refractivity contribution is 0.364. The highest BCUT2D eigenvalue weighted by Gasteiger charge is 2.25. The second-order valence-corrected chi connectivity index (χ2v) is 15.5. The number of ether oxygens (including phenoxy) is 2. The van der Waals surface area contributed by atoms with Crippen molar-refractivity contribution >= 4 is 11.9 Å². The summed E-state index contributed by atoms with van der Waals surface area (Å²) in [6, 6.07) is 26.1. The van der Waals surface area contributed by atoms with Gasteiger partial charge in [-0.2, -0.15) is 10.5 Å². The first-order valence-corrected chi connectivity index (χ1v) is 20.3. The van der Waals surface area contributed by atoms with E-state index in [0.717, 1.165) is 32.6 Å². The van der Waals surface area contributed by atoms with Crippen LogP contribution in [0.1, 0.15) is 17.5 Å². The molecule has 6 aromatic rings. The minimum Gasteiger partial charge on any atom is -0.496 e. The monoisotopic (exact) mass is 832 g/mol. The highest BCUT2D eigenvalue weighted by atomic mass is 19.1. The zero-order chi connectivity index (χ0) is 43.5. The number of hydrogen-bond donors (Lipinski definition) is 4. The van der Waals surface area contributed by atoms with Crippen LogP contribution in [0.5, 0.6) is 11.5 Å². The molecule has 1 unspecified atom stereocenters. The van der Waals surface area contributed by atoms with Crippen molar-refractivity contribution in [3.05, 3.63) is 117 Å². The molecule has 2 aromatic heterocycles. The number of halogens is 1. The number of rotatable bonds is 13. The Morgan fingerprint density at radius 3 is 1.79 bits per heavy atom. The molecule has 8 rings (SSSR count). The van der Waals surface area contributed by atoms with Crippen molar-refractivity contribution in [3.8, 4) is 79.5 Å². The molecule has 1 atom stereocenters. The molecule has 4 heterocycles. The molecular weight excluding hydrogens is 788 g/mol. The summed E-state index contributed by atoms with van der Waals surface area (Å²) in [5, 5.41) is 33.4. The van der Waals surface area contributed by atoms with Gasteiger partial charge in [0.25, 0.3) is 11.1 Å². The van der Waals surface area contributed by atoms with Gasteiger partial charge in [-0.3, -0.25) is 18.7 Å². The van der Waals surface area contributed by atoms with Crippen LogP contribution < -0.4 is 41.9 Å². The van der Waals surface area contributed by atoms with Crippen LogP contribution in [0.15, 0.2) is 88.5 Å². The molecule has 0 aliphatic carbocycles. The maximum Gasteiger partial charge on any atom is 0.263 e. The summed E-state index contributed by atoms with van der Waals surface area (Å²) in [4.78, 5) is 38.9. The zero-order valence-corrected chi connectivity index (χ0v) is 34.8. The quantitative estimate of drug-likeness (QED) is 0.111. The third-order valence-corrected chi connectivity index (χ3v) is 11.6.